The van der Waals surface area contributed by atoms with Crippen molar-refractivity contribution in [1.82, 2.24) is 5.32 Å². The number of hydrogen-bond acceptors (Lipinski definition) is 2. The van der Waals surface area contributed by atoms with Crippen LogP contribution in [0.25, 0.3) is 0 Å². The summed E-state index contributed by atoms with van der Waals surface area (Å²) in [5.74, 6) is 0.820. The molecule has 0 spiro atoms. The van der Waals surface area contributed by atoms with Crippen molar-refractivity contribution in [2.75, 3.05) is 0 Å². The molecule has 1 amide bonds. The highest BCUT2D eigenvalue weighted by molar-refractivity contribution is 5.82. The zero-order valence-corrected chi connectivity index (χ0v) is 10.8. The van der Waals surface area contributed by atoms with Crippen LogP contribution in [0.3, 0.4) is 0 Å². The third-order valence-electron chi connectivity index (χ3n) is 3.71. The fourth-order valence-corrected chi connectivity index (χ4v) is 2.29. The maximum absolute atomic E-state index is 11.9. The van der Waals surface area contributed by atoms with Crippen molar-refractivity contribution in [3.05, 3.63) is 0 Å². The van der Waals surface area contributed by atoms with Gasteiger partial charge >= 0.3 is 0 Å². The number of rotatable bonds is 3. The molecule has 3 atom stereocenters. The van der Waals surface area contributed by atoms with Gasteiger partial charge in [-0.2, -0.15) is 0 Å². The summed E-state index contributed by atoms with van der Waals surface area (Å²) in [6.07, 6.45) is 6.16. The maximum Gasteiger partial charge on any atom is 0.237 e. The van der Waals surface area contributed by atoms with Gasteiger partial charge in [-0.15, -0.1) is 0 Å². The summed E-state index contributed by atoms with van der Waals surface area (Å²) in [6, 6.07) is -0.0322. The van der Waals surface area contributed by atoms with Crippen molar-refractivity contribution in [1.29, 1.82) is 0 Å². The highest BCUT2D eigenvalue weighted by Gasteiger charge is 2.24. The van der Waals surface area contributed by atoms with E-state index in [0.717, 1.165) is 6.42 Å². The van der Waals surface area contributed by atoms with Crippen molar-refractivity contribution in [2.24, 2.45) is 17.6 Å². The molecule has 16 heavy (non-hydrogen) atoms. The lowest BCUT2D eigenvalue weighted by atomic mass is 9.96. The lowest BCUT2D eigenvalue weighted by Gasteiger charge is -2.25. The van der Waals surface area contributed by atoms with Crippen molar-refractivity contribution >= 4 is 5.91 Å². The first-order valence-corrected chi connectivity index (χ1v) is 6.58. The lowest BCUT2D eigenvalue weighted by Crippen LogP contribution is -2.49. The van der Waals surface area contributed by atoms with Gasteiger partial charge in [0.25, 0.3) is 0 Å². The molecule has 0 heterocycles. The third-order valence-corrected chi connectivity index (χ3v) is 3.71. The molecular weight excluding hydrogens is 200 g/mol. The van der Waals surface area contributed by atoms with Gasteiger partial charge in [-0.25, -0.2) is 0 Å². The van der Waals surface area contributed by atoms with Gasteiger partial charge in [0.1, 0.15) is 0 Å². The molecule has 1 rings (SSSR count). The lowest BCUT2D eigenvalue weighted by molar-refractivity contribution is -0.124. The minimum atomic E-state index is -0.365. The van der Waals surface area contributed by atoms with E-state index in [4.69, 9.17) is 5.73 Å². The average Bonchev–Trinajstić information content (AvgIpc) is 2.43. The second-order valence-corrected chi connectivity index (χ2v) is 5.50. The topological polar surface area (TPSA) is 55.1 Å². The molecule has 0 aliphatic heterocycles. The Hall–Kier alpha value is -0.570. The second kappa shape index (κ2) is 6.24. The molecule has 1 aliphatic rings. The Morgan fingerprint density at radius 3 is 2.50 bits per heavy atom. The van der Waals surface area contributed by atoms with E-state index in [2.05, 4.69) is 12.2 Å². The zero-order valence-electron chi connectivity index (χ0n) is 10.8. The predicted molar refractivity (Wildman–Crippen MR) is 67.0 cm³/mol. The van der Waals surface area contributed by atoms with Crippen LogP contribution >= 0.6 is 0 Å². The summed E-state index contributed by atoms with van der Waals surface area (Å²) < 4.78 is 0. The van der Waals surface area contributed by atoms with Crippen LogP contribution in [0.1, 0.15) is 52.9 Å². The van der Waals surface area contributed by atoms with Gasteiger partial charge in [-0.1, -0.05) is 40.0 Å². The molecule has 0 bridgehead atoms. The summed E-state index contributed by atoms with van der Waals surface area (Å²) in [4.78, 5) is 11.9. The Kier molecular flexibility index (Phi) is 5.26. The van der Waals surface area contributed by atoms with Crippen molar-refractivity contribution in [2.45, 2.75) is 65.0 Å². The largest absolute Gasteiger partial charge is 0.352 e. The summed E-state index contributed by atoms with van der Waals surface area (Å²) in [7, 11) is 0. The molecule has 0 aromatic carbocycles. The molecule has 0 aromatic rings. The molecule has 0 radical (unpaired) electrons. The number of carbonyl (C=O) groups excluding carboxylic acids is 1. The van der Waals surface area contributed by atoms with Gasteiger partial charge < -0.3 is 11.1 Å². The van der Waals surface area contributed by atoms with E-state index in [-0.39, 0.29) is 17.9 Å². The number of nitrogens with two attached hydrogens (primary N) is 1. The van der Waals surface area contributed by atoms with E-state index in [1.807, 2.05) is 13.8 Å². The number of hydrogen-bond donors (Lipinski definition) is 2. The molecule has 94 valence electrons. The first-order valence-electron chi connectivity index (χ1n) is 6.58. The number of amides is 1. The Bertz CT molecular complexity index is 228. The van der Waals surface area contributed by atoms with Crippen LogP contribution in [-0.2, 0) is 4.79 Å². The normalized spacial score (nSPS) is 28.6. The van der Waals surface area contributed by atoms with E-state index in [0.29, 0.717) is 12.0 Å². The fraction of sp³-hybridized carbons (Fsp3) is 0.923. The van der Waals surface area contributed by atoms with Crippen molar-refractivity contribution < 1.29 is 4.79 Å². The van der Waals surface area contributed by atoms with Crippen LogP contribution in [0.2, 0.25) is 0 Å². The van der Waals surface area contributed by atoms with Gasteiger partial charge in [0, 0.05) is 6.04 Å². The quantitative estimate of drug-likeness (QED) is 0.724. The van der Waals surface area contributed by atoms with E-state index in [1.165, 1.54) is 25.7 Å². The SMILES string of the molecule is CC1CCCCCC1NC(=O)[C@H](N)C(C)C. The Morgan fingerprint density at radius 2 is 1.88 bits per heavy atom. The molecule has 2 unspecified atom stereocenters. The van der Waals surface area contributed by atoms with Gasteiger partial charge in [-0.05, 0) is 24.7 Å². The van der Waals surface area contributed by atoms with Crippen LogP contribution in [-0.4, -0.2) is 18.0 Å². The molecule has 3 heteroatoms. The van der Waals surface area contributed by atoms with Gasteiger partial charge in [0.15, 0.2) is 0 Å². The van der Waals surface area contributed by atoms with E-state index in [9.17, 15) is 4.79 Å². The first-order chi connectivity index (χ1) is 7.52. The van der Waals surface area contributed by atoms with E-state index in [1.54, 1.807) is 0 Å². The summed E-state index contributed by atoms with van der Waals surface area (Å²) in [5.41, 5.74) is 5.85. The Balaban J connectivity index is 2.48. The standard InChI is InChI=1S/C13H26N2O/c1-9(2)12(14)13(16)15-11-8-6-4-5-7-10(11)3/h9-12H,4-8,14H2,1-3H3,(H,15,16)/t10?,11?,12-/m1/s1. The molecule has 0 saturated heterocycles. The molecule has 1 saturated carbocycles. The van der Waals surface area contributed by atoms with Crippen molar-refractivity contribution in [3.63, 3.8) is 0 Å². The molecule has 3 N–H and O–H groups in total. The summed E-state index contributed by atoms with van der Waals surface area (Å²) in [6.45, 7) is 6.21. The minimum absolute atomic E-state index is 0.0220. The zero-order chi connectivity index (χ0) is 12.1. The van der Waals surface area contributed by atoms with E-state index >= 15 is 0 Å². The average molecular weight is 226 g/mol. The smallest absolute Gasteiger partial charge is 0.237 e. The molecule has 3 nitrogen and oxygen atoms in total. The van der Waals surface area contributed by atoms with Crippen LogP contribution < -0.4 is 11.1 Å². The second-order valence-electron chi connectivity index (χ2n) is 5.50. The van der Waals surface area contributed by atoms with Crippen LogP contribution in [0.4, 0.5) is 0 Å². The summed E-state index contributed by atoms with van der Waals surface area (Å²) in [5, 5.41) is 3.13. The van der Waals surface area contributed by atoms with Gasteiger partial charge in [0.2, 0.25) is 5.91 Å². The van der Waals surface area contributed by atoms with Gasteiger partial charge in [-0.3, -0.25) is 4.79 Å². The number of carbonyl (C=O) groups is 1. The highest BCUT2D eigenvalue weighted by Crippen LogP contribution is 2.23. The Labute approximate surface area is 99.2 Å². The Morgan fingerprint density at radius 1 is 1.25 bits per heavy atom. The highest BCUT2D eigenvalue weighted by atomic mass is 16.2. The molecule has 1 fully saturated rings. The summed E-state index contributed by atoms with van der Waals surface area (Å²) >= 11 is 0. The van der Waals surface area contributed by atoms with E-state index < -0.39 is 0 Å². The molecule has 0 aromatic heterocycles. The van der Waals surface area contributed by atoms with Crippen molar-refractivity contribution in [3.8, 4) is 0 Å². The predicted octanol–water partition coefficient (Wildman–Crippen LogP) is 2.05. The minimum Gasteiger partial charge on any atom is -0.352 e. The van der Waals surface area contributed by atoms with Gasteiger partial charge in [0.05, 0.1) is 6.04 Å². The first kappa shape index (κ1) is 13.5. The van der Waals surface area contributed by atoms with Crippen LogP contribution in [0.5, 0.6) is 0 Å². The molecular formula is C13H26N2O. The molecule has 1 aliphatic carbocycles. The maximum atomic E-state index is 11.9. The number of nitrogens with one attached hydrogen (secondary N) is 1. The van der Waals surface area contributed by atoms with Crippen LogP contribution in [0, 0.1) is 11.8 Å². The monoisotopic (exact) mass is 226 g/mol. The third kappa shape index (κ3) is 3.78. The van der Waals surface area contributed by atoms with Crippen LogP contribution in [0.15, 0.2) is 0 Å². The fourth-order valence-electron chi connectivity index (χ4n) is 2.29.